The van der Waals surface area contributed by atoms with Gasteiger partial charge in [-0.2, -0.15) is 0 Å². The molecular formula is C22H21F2NO4S. The molecule has 30 heavy (non-hydrogen) atoms. The van der Waals surface area contributed by atoms with Crippen molar-refractivity contribution < 1.29 is 28.3 Å². The number of carbonyl (C=O) groups excluding carboxylic acids is 2. The van der Waals surface area contributed by atoms with E-state index in [1.165, 1.54) is 13.0 Å². The van der Waals surface area contributed by atoms with Crippen LogP contribution >= 0.6 is 11.8 Å². The van der Waals surface area contributed by atoms with Gasteiger partial charge in [0.1, 0.15) is 17.7 Å². The van der Waals surface area contributed by atoms with E-state index < -0.39 is 29.6 Å². The Morgan fingerprint density at radius 2 is 1.73 bits per heavy atom. The zero-order chi connectivity index (χ0) is 22.1. The molecule has 8 heteroatoms. The molecule has 0 aliphatic rings. The first-order valence-electron chi connectivity index (χ1n) is 9.12. The van der Waals surface area contributed by atoms with E-state index in [0.717, 1.165) is 29.5 Å². The Labute approximate surface area is 177 Å². The zero-order valence-corrected chi connectivity index (χ0v) is 17.0. The van der Waals surface area contributed by atoms with Gasteiger partial charge < -0.3 is 10.4 Å². The Hall–Kier alpha value is -3.00. The Kier molecular flexibility index (Phi) is 8.73. The minimum Gasteiger partial charge on any atom is -0.480 e. The molecule has 0 fully saturated rings. The van der Waals surface area contributed by atoms with Crippen LogP contribution in [0.15, 0.2) is 54.1 Å². The fourth-order valence-electron chi connectivity index (χ4n) is 2.68. The van der Waals surface area contributed by atoms with E-state index in [1.54, 1.807) is 0 Å². The lowest BCUT2D eigenvalue weighted by molar-refractivity contribution is -0.141. The van der Waals surface area contributed by atoms with Crippen LogP contribution in [-0.2, 0) is 20.8 Å². The van der Waals surface area contributed by atoms with Crippen LogP contribution in [0.2, 0.25) is 0 Å². The maximum Gasteiger partial charge on any atom is 0.326 e. The number of aliphatic carboxylic acids is 1. The average Bonchev–Trinajstić information content (AvgIpc) is 2.67. The summed E-state index contributed by atoms with van der Waals surface area (Å²) < 4.78 is 26.9. The number of benzene rings is 2. The number of thioether (sulfide) groups is 1. The van der Waals surface area contributed by atoms with E-state index in [0.29, 0.717) is 12.5 Å². The van der Waals surface area contributed by atoms with Crippen LogP contribution in [0.4, 0.5) is 8.78 Å². The molecule has 0 spiro atoms. The third kappa shape index (κ3) is 7.79. The largest absolute Gasteiger partial charge is 0.480 e. The summed E-state index contributed by atoms with van der Waals surface area (Å²) in [5, 5.41) is 11.7. The van der Waals surface area contributed by atoms with E-state index in [4.69, 9.17) is 0 Å². The fraction of sp³-hybridized carbons (Fsp3) is 0.227. The molecule has 0 aliphatic heterocycles. The van der Waals surface area contributed by atoms with Crippen molar-refractivity contribution in [2.75, 3.05) is 5.75 Å². The van der Waals surface area contributed by atoms with Crippen LogP contribution in [0.3, 0.4) is 0 Å². The normalized spacial score (nSPS) is 12.3. The summed E-state index contributed by atoms with van der Waals surface area (Å²) in [4.78, 5) is 35.6. The first-order chi connectivity index (χ1) is 14.2. The summed E-state index contributed by atoms with van der Waals surface area (Å²) in [7, 11) is 0. The van der Waals surface area contributed by atoms with Crippen LogP contribution in [0.25, 0.3) is 6.08 Å². The number of nitrogens with one attached hydrogen (secondary N) is 1. The van der Waals surface area contributed by atoms with E-state index in [1.807, 2.05) is 30.3 Å². The van der Waals surface area contributed by atoms with E-state index >= 15 is 0 Å². The second-order valence-corrected chi connectivity index (χ2v) is 7.69. The predicted molar refractivity (Wildman–Crippen MR) is 112 cm³/mol. The number of hydrogen-bond donors (Lipinski definition) is 2. The molecule has 158 valence electrons. The van der Waals surface area contributed by atoms with Crippen LogP contribution in [0.1, 0.15) is 24.5 Å². The molecule has 0 saturated heterocycles. The van der Waals surface area contributed by atoms with Gasteiger partial charge in [-0.1, -0.05) is 42.1 Å². The highest BCUT2D eigenvalue weighted by Gasteiger charge is 2.22. The van der Waals surface area contributed by atoms with Gasteiger partial charge in [-0.15, -0.1) is 0 Å². The van der Waals surface area contributed by atoms with Crippen molar-refractivity contribution >= 4 is 34.8 Å². The van der Waals surface area contributed by atoms with Crippen molar-refractivity contribution in [3.8, 4) is 0 Å². The summed E-state index contributed by atoms with van der Waals surface area (Å²) in [6.45, 7) is 1.32. The van der Waals surface area contributed by atoms with E-state index in [-0.39, 0.29) is 28.4 Å². The number of halogens is 2. The standard InChI is InChI=1S/C22H21F2NO4S/c1-14(26)30-13-17(9-16-10-18(23)12-19(24)11-16)21(27)25-20(22(28)29)8-7-15-5-3-2-4-6-15/h2-6,9-12,20H,7-8,13H2,1H3,(H,25,27)(H,28,29)/b17-9+/t20-/m0/s1. The molecule has 2 aromatic rings. The lowest BCUT2D eigenvalue weighted by Crippen LogP contribution is -2.42. The van der Waals surface area contributed by atoms with E-state index in [9.17, 15) is 28.3 Å². The molecule has 2 rings (SSSR count). The van der Waals surface area contributed by atoms with Crippen molar-refractivity contribution in [2.45, 2.75) is 25.8 Å². The molecule has 1 amide bonds. The number of carbonyl (C=O) groups is 3. The van der Waals surface area contributed by atoms with Crippen LogP contribution in [0.5, 0.6) is 0 Å². The fourth-order valence-corrected chi connectivity index (χ4v) is 3.25. The highest BCUT2D eigenvalue weighted by Crippen LogP contribution is 2.17. The minimum atomic E-state index is -1.20. The van der Waals surface area contributed by atoms with E-state index in [2.05, 4.69) is 5.32 Å². The molecule has 0 bridgehead atoms. The molecular weight excluding hydrogens is 412 g/mol. The van der Waals surface area contributed by atoms with Crippen molar-refractivity contribution in [3.05, 3.63) is 76.9 Å². The van der Waals surface area contributed by atoms with Crippen molar-refractivity contribution in [3.63, 3.8) is 0 Å². The monoisotopic (exact) mass is 433 g/mol. The van der Waals surface area contributed by atoms with Crippen LogP contribution in [0, 0.1) is 11.6 Å². The highest BCUT2D eigenvalue weighted by molar-refractivity contribution is 8.13. The maximum atomic E-state index is 13.5. The van der Waals surface area contributed by atoms with Crippen LogP contribution in [-0.4, -0.2) is 33.9 Å². The van der Waals surface area contributed by atoms with Gasteiger partial charge in [-0.05, 0) is 42.2 Å². The molecule has 2 aromatic carbocycles. The number of carboxylic acids is 1. The van der Waals surface area contributed by atoms with Gasteiger partial charge in [0, 0.05) is 24.3 Å². The molecule has 0 aliphatic carbocycles. The lowest BCUT2D eigenvalue weighted by Gasteiger charge is -2.16. The summed E-state index contributed by atoms with van der Waals surface area (Å²) in [5.74, 6) is -3.61. The van der Waals surface area contributed by atoms with Gasteiger partial charge in [-0.25, -0.2) is 13.6 Å². The molecule has 1 atom stereocenters. The van der Waals surface area contributed by atoms with Gasteiger partial charge in [0.05, 0.1) is 0 Å². The predicted octanol–water partition coefficient (Wildman–Crippen LogP) is 3.83. The SMILES string of the molecule is CC(=O)SC/C(=C\c1cc(F)cc(F)c1)C(=O)N[C@@H](CCc1ccccc1)C(=O)O. The van der Waals surface area contributed by atoms with Crippen molar-refractivity contribution in [1.82, 2.24) is 5.32 Å². The molecule has 0 unspecified atom stereocenters. The van der Waals surface area contributed by atoms with Gasteiger partial charge in [0.15, 0.2) is 5.12 Å². The summed E-state index contributed by atoms with van der Waals surface area (Å²) >= 11 is 0.838. The number of carboxylic acid groups (broad SMARTS) is 1. The summed E-state index contributed by atoms with van der Waals surface area (Å²) in [6, 6.07) is 10.8. The van der Waals surface area contributed by atoms with Gasteiger partial charge in [-0.3, -0.25) is 9.59 Å². The topological polar surface area (TPSA) is 83.5 Å². The second-order valence-electron chi connectivity index (χ2n) is 6.54. The second kappa shape index (κ2) is 11.3. The Morgan fingerprint density at radius 3 is 2.30 bits per heavy atom. The first-order valence-corrected chi connectivity index (χ1v) is 10.1. The molecule has 0 radical (unpaired) electrons. The number of amides is 1. The van der Waals surface area contributed by atoms with Gasteiger partial charge in [0.2, 0.25) is 5.91 Å². The van der Waals surface area contributed by atoms with Gasteiger partial charge in [0.25, 0.3) is 0 Å². The number of hydrogen-bond acceptors (Lipinski definition) is 4. The number of rotatable bonds is 9. The van der Waals surface area contributed by atoms with Crippen molar-refractivity contribution in [1.29, 1.82) is 0 Å². The summed E-state index contributed by atoms with van der Waals surface area (Å²) in [6.07, 6.45) is 1.84. The van der Waals surface area contributed by atoms with Crippen molar-refractivity contribution in [2.24, 2.45) is 0 Å². The van der Waals surface area contributed by atoms with Crippen LogP contribution < -0.4 is 5.32 Å². The molecule has 2 N–H and O–H groups in total. The lowest BCUT2D eigenvalue weighted by atomic mass is 10.0. The van der Waals surface area contributed by atoms with Gasteiger partial charge >= 0.3 is 5.97 Å². The number of aryl methyl sites for hydroxylation is 1. The molecule has 5 nitrogen and oxygen atoms in total. The Balaban J connectivity index is 2.18. The smallest absolute Gasteiger partial charge is 0.326 e. The minimum absolute atomic E-state index is 0.0335. The average molecular weight is 433 g/mol. The molecule has 0 heterocycles. The molecule has 0 aromatic heterocycles. The Bertz CT molecular complexity index is 927. The maximum absolute atomic E-state index is 13.5. The quantitative estimate of drug-likeness (QED) is 0.588. The molecule has 0 saturated carbocycles. The third-order valence-corrected chi connectivity index (χ3v) is 4.98. The first kappa shape index (κ1) is 23.3. The zero-order valence-electron chi connectivity index (χ0n) is 16.2. The highest BCUT2D eigenvalue weighted by atomic mass is 32.2. The summed E-state index contributed by atoms with van der Waals surface area (Å²) in [5.41, 5.74) is 1.06. The third-order valence-electron chi connectivity index (χ3n) is 4.12. The Morgan fingerprint density at radius 1 is 1.10 bits per heavy atom.